The van der Waals surface area contributed by atoms with E-state index >= 15 is 0 Å². The first kappa shape index (κ1) is 24.6. The molecule has 0 unspecified atom stereocenters. The van der Waals surface area contributed by atoms with Crippen LogP contribution >= 0.6 is 0 Å². The van der Waals surface area contributed by atoms with Crippen LogP contribution in [0.3, 0.4) is 0 Å². The van der Waals surface area contributed by atoms with Gasteiger partial charge in [0, 0.05) is 17.1 Å². The van der Waals surface area contributed by atoms with Crippen molar-refractivity contribution in [2.24, 2.45) is 5.92 Å². The summed E-state index contributed by atoms with van der Waals surface area (Å²) in [6.07, 6.45) is 3.06. The Morgan fingerprint density at radius 1 is 0.579 bits per heavy atom. The van der Waals surface area contributed by atoms with Gasteiger partial charge in [-0.3, -0.25) is 4.98 Å². The fraction of sp³-hybridized carbons (Fsp3) is 0.270. The zero-order valence-electron chi connectivity index (χ0n) is 23.5. The molecule has 0 radical (unpaired) electrons. The first-order valence-corrected chi connectivity index (χ1v) is 14.1. The Hall–Kier alpha value is -3.71. The van der Waals surface area contributed by atoms with Gasteiger partial charge in [-0.25, -0.2) is 0 Å². The molecule has 0 N–H and O–H groups in total. The van der Waals surface area contributed by atoms with Crippen molar-refractivity contribution < 1.29 is 0 Å². The highest BCUT2D eigenvalue weighted by Crippen LogP contribution is 2.40. The van der Waals surface area contributed by atoms with Crippen molar-refractivity contribution in [2.45, 2.75) is 59.8 Å². The van der Waals surface area contributed by atoms with E-state index < -0.39 is 0 Å². The van der Waals surface area contributed by atoms with Crippen molar-refractivity contribution in [1.82, 2.24) is 4.98 Å². The quantitative estimate of drug-likeness (QED) is 0.217. The van der Waals surface area contributed by atoms with Crippen molar-refractivity contribution in [1.29, 1.82) is 0 Å². The van der Waals surface area contributed by atoms with Gasteiger partial charge in [-0.2, -0.15) is 0 Å². The Morgan fingerprint density at radius 2 is 1.24 bits per heavy atom. The maximum absolute atomic E-state index is 4.96. The summed E-state index contributed by atoms with van der Waals surface area (Å²) in [4.78, 5) is 4.96. The Morgan fingerprint density at radius 3 is 1.95 bits per heavy atom. The van der Waals surface area contributed by atoms with Crippen LogP contribution in [0.4, 0.5) is 0 Å². The van der Waals surface area contributed by atoms with Gasteiger partial charge in [0.05, 0.1) is 5.69 Å². The molecule has 1 aromatic heterocycles. The predicted octanol–water partition coefficient (Wildman–Crippen LogP) is 10.8. The molecule has 0 fully saturated rings. The topological polar surface area (TPSA) is 12.9 Å². The molecule has 6 rings (SSSR count). The second-order valence-electron chi connectivity index (χ2n) is 12.0. The minimum atomic E-state index is 0.475. The van der Waals surface area contributed by atoms with Gasteiger partial charge < -0.3 is 0 Å². The standard InChI is InChI=1S/C37H37N/c1-22(2)17-28-21-35-31(33-12-11-25-9-7-8-10-30(25)36(28)33)13-14-34-32(35)15-16-38-37(34)29-19-26(23(3)4)18-27(20-29)24(5)6/h7-16,18-24H,17H2,1-6H3. The third-order valence-corrected chi connectivity index (χ3v) is 8.06. The van der Waals surface area contributed by atoms with Crippen molar-refractivity contribution in [2.75, 3.05) is 0 Å². The lowest BCUT2D eigenvalue weighted by Crippen LogP contribution is -1.98. The molecule has 0 spiro atoms. The Kier molecular flexibility index (Phi) is 6.19. The van der Waals surface area contributed by atoms with E-state index in [9.17, 15) is 0 Å². The zero-order valence-corrected chi connectivity index (χ0v) is 23.5. The molecule has 0 amide bonds. The number of rotatable bonds is 5. The molecule has 190 valence electrons. The van der Waals surface area contributed by atoms with Gasteiger partial charge in [0.25, 0.3) is 0 Å². The number of hydrogen-bond acceptors (Lipinski definition) is 1. The van der Waals surface area contributed by atoms with E-state index in [-0.39, 0.29) is 0 Å². The van der Waals surface area contributed by atoms with Gasteiger partial charge in [0.15, 0.2) is 0 Å². The smallest absolute Gasteiger partial charge is 0.0780 e. The average molecular weight is 496 g/mol. The molecule has 5 aromatic carbocycles. The number of aromatic nitrogens is 1. The molecular weight excluding hydrogens is 458 g/mol. The van der Waals surface area contributed by atoms with Crippen LogP contribution in [-0.2, 0) is 6.42 Å². The van der Waals surface area contributed by atoms with Crippen LogP contribution in [0.5, 0.6) is 0 Å². The molecule has 0 atom stereocenters. The molecule has 0 bridgehead atoms. The molecule has 0 aliphatic carbocycles. The Bertz CT molecular complexity index is 1790. The number of benzene rings is 5. The van der Waals surface area contributed by atoms with Gasteiger partial charge in [-0.1, -0.05) is 96.1 Å². The second kappa shape index (κ2) is 9.55. The lowest BCUT2D eigenvalue weighted by atomic mass is 9.87. The summed E-state index contributed by atoms with van der Waals surface area (Å²) in [6, 6.07) is 29.8. The summed E-state index contributed by atoms with van der Waals surface area (Å²) in [5.41, 5.74) is 6.50. The first-order valence-electron chi connectivity index (χ1n) is 14.1. The Balaban J connectivity index is 1.68. The number of fused-ring (bicyclic) bond motifs is 7. The fourth-order valence-electron chi connectivity index (χ4n) is 6.07. The lowest BCUT2D eigenvalue weighted by Gasteiger charge is -2.18. The summed E-state index contributed by atoms with van der Waals surface area (Å²) in [5, 5.41) is 10.6. The summed E-state index contributed by atoms with van der Waals surface area (Å²) in [7, 11) is 0. The summed E-state index contributed by atoms with van der Waals surface area (Å²) in [5.74, 6) is 1.53. The number of hydrogen-bond donors (Lipinski definition) is 0. The van der Waals surface area contributed by atoms with E-state index in [1.54, 1.807) is 0 Å². The van der Waals surface area contributed by atoms with Crippen LogP contribution in [0.25, 0.3) is 54.3 Å². The van der Waals surface area contributed by atoms with Crippen LogP contribution in [0.1, 0.15) is 70.1 Å². The average Bonchev–Trinajstić information content (AvgIpc) is 2.91. The largest absolute Gasteiger partial charge is 0.256 e. The molecule has 1 nitrogen and oxygen atoms in total. The maximum atomic E-state index is 4.96. The van der Waals surface area contributed by atoms with E-state index in [0.717, 1.165) is 12.1 Å². The molecule has 1 heteroatoms. The third-order valence-electron chi connectivity index (χ3n) is 8.06. The third kappa shape index (κ3) is 4.15. The van der Waals surface area contributed by atoms with Gasteiger partial charge in [-0.05, 0) is 103 Å². The summed E-state index contributed by atoms with van der Waals surface area (Å²) >= 11 is 0. The van der Waals surface area contributed by atoms with Gasteiger partial charge in [0.2, 0.25) is 0 Å². The van der Waals surface area contributed by atoms with E-state index in [1.807, 2.05) is 6.20 Å². The van der Waals surface area contributed by atoms with Gasteiger partial charge in [0.1, 0.15) is 0 Å². The summed E-state index contributed by atoms with van der Waals surface area (Å²) in [6.45, 7) is 13.7. The summed E-state index contributed by atoms with van der Waals surface area (Å²) < 4.78 is 0. The zero-order chi connectivity index (χ0) is 26.6. The minimum absolute atomic E-state index is 0.475. The molecule has 0 aliphatic rings. The van der Waals surface area contributed by atoms with Crippen LogP contribution in [0, 0.1) is 5.92 Å². The van der Waals surface area contributed by atoms with E-state index in [4.69, 9.17) is 4.98 Å². The molecule has 0 aliphatic heterocycles. The number of nitrogens with zero attached hydrogens (tertiary/aromatic N) is 1. The minimum Gasteiger partial charge on any atom is -0.256 e. The van der Waals surface area contributed by atoms with Crippen molar-refractivity contribution in [3.05, 3.63) is 102 Å². The molecule has 0 saturated heterocycles. The molecular formula is C37H37N. The highest BCUT2D eigenvalue weighted by molar-refractivity contribution is 6.24. The lowest BCUT2D eigenvalue weighted by molar-refractivity contribution is 0.651. The van der Waals surface area contributed by atoms with Crippen LogP contribution in [0.2, 0.25) is 0 Å². The van der Waals surface area contributed by atoms with Crippen molar-refractivity contribution in [3.8, 4) is 11.3 Å². The first-order chi connectivity index (χ1) is 18.3. The highest BCUT2D eigenvalue weighted by Gasteiger charge is 2.16. The van der Waals surface area contributed by atoms with Crippen LogP contribution < -0.4 is 0 Å². The highest BCUT2D eigenvalue weighted by atomic mass is 14.7. The molecule has 6 aromatic rings. The van der Waals surface area contributed by atoms with E-state index in [0.29, 0.717) is 17.8 Å². The van der Waals surface area contributed by atoms with Gasteiger partial charge in [-0.15, -0.1) is 0 Å². The molecule has 1 heterocycles. The van der Waals surface area contributed by atoms with E-state index in [1.165, 1.54) is 65.3 Å². The van der Waals surface area contributed by atoms with E-state index in [2.05, 4.69) is 120 Å². The van der Waals surface area contributed by atoms with Crippen LogP contribution in [0.15, 0.2) is 85.1 Å². The predicted molar refractivity (Wildman–Crippen MR) is 166 cm³/mol. The van der Waals surface area contributed by atoms with Crippen molar-refractivity contribution in [3.63, 3.8) is 0 Å². The number of pyridine rings is 1. The second-order valence-corrected chi connectivity index (χ2v) is 12.0. The normalized spacial score (nSPS) is 12.2. The van der Waals surface area contributed by atoms with Gasteiger partial charge >= 0.3 is 0 Å². The maximum Gasteiger partial charge on any atom is 0.0780 e. The molecule has 0 saturated carbocycles. The van der Waals surface area contributed by atoms with Crippen molar-refractivity contribution >= 4 is 43.1 Å². The Labute approximate surface area is 226 Å². The van der Waals surface area contributed by atoms with Crippen LogP contribution in [-0.4, -0.2) is 4.98 Å². The monoisotopic (exact) mass is 495 g/mol. The fourth-order valence-corrected chi connectivity index (χ4v) is 6.07. The molecule has 38 heavy (non-hydrogen) atoms. The SMILES string of the molecule is CC(C)Cc1cc2c3ccnc(-c4cc(C(C)C)cc(C(C)C)c4)c3ccc2c2ccc3ccccc3c12.